The maximum Gasteiger partial charge on any atom is 0.308 e. The van der Waals surface area contributed by atoms with Crippen LogP contribution >= 0.6 is 0 Å². The Labute approximate surface area is 114 Å². The molecule has 0 amide bonds. The maximum atomic E-state index is 11.9. The summed E-state index contributed by atoms with van der Waals surface area (Å²) < 4.78 is 5.12. The van der Waals surface area contributed by atoms with Crippen molar-refractivity contribution in [3.63, 3.8) is 0 Å². The number of hydrogen-bond acceptors (Lipinski definition) is 4. The van der Waals surface area contributed by atoms with Crippen LogP contribution in [0.3, 0.4) is 0 Å². The fourth-order valence-electron chi connectivity index (χ4n) is 2.24. The third kappa shape index (κ3) is 2.10. The predicted molar refractivity (Wildman–Crippen MR) is 71.9 cm³/mol. The molecular weight excluding hydrogens is 260 g/mol. The molecule has 0 aliphatic rings. The number of methoxy groups -OCH3 is 1. The average Bonchev–Trinajstić information content (AvgIpc) is 2.41. The van der Waals surface area contributed by atoms with E-state index in [1.165, 1.54) is 7.11 Å². The molecule has 0 aliphatic carbocycles. The monoisotopic (exact) mass is 272 g/mol. The van der Waals surface area contributed by atoms with Gasteiger partial charge in [-0.25, -0.2) is 0 Å². The van der Waals surface area contributed by atoms with Crippen LogP contribution in [-0.2, 0) is 11.2 Å². The predicted octanol–water partition coefficient (Wildman–Crippen LogP) is 1.34. The average molecular weight is 272 g/mol. The summed E-state index contributed by atoms with van der Waals surface area (Å²) in [6, 6.07) is 5.26. The first-order valence-corrected chi connectivity index (χ1v) is 5.84. The summed E-state index contributed by atoms with van der Waals surface area (Å²) in [7, 11) is 1.45. The topological polar surface area (TPSA) is 103 Å². The number of aromatic nitrogens is 1. The van der Waals surface area contributed by atoms with Gasteiger partial charge in [0.25, 0.3) is 5.56 Å². The Balaban J connectivity index is 2.91. The smallest absolute Gasteiger partial charge is 0.308 e. The summed E-state index contributed by atoms with van der Waals surface area (Å²) in [5, 5.41) is 18.7. The number of aromatic amines is 1. The molecule has 0 atom stereocenters. The fraction of sp³-hybridized carbons (Fsp3) is 0.214. The molecule has 0 aliphatic heterocycles. The molecule has 0 bridgehead atoms. The molecule has 0 spiro atoms. The molecule has 102 valence electrons. The maximum absolute atomic E-state index is 11.9. The molecule has 1 heterocycles. The zero-order valence-corrected chi connectivity index (χ0v) is 11.0. The number of nitrogens with zero attached hydrogens (tertiary/aromatic N) is 1. The van der Waals surface area contributed by atoms with Crippen molar-refractivity contribution in [1.29, 1.82) is 5.26 Å². The van der Waals surface area contributed by atoms with Crippen molar-refractivity contribution < 1.29 is 14.6 Å². The lowest BCUT2D eigenvalue weighted by atomic mass is 9.98. The number of nitrogens with one attached hydrogen (secondary N) is 1. The molecule has 2 rings (SSSR count). The van der Waals surface area contributed by atoms with Crippen LogP contribution in [0.25, 0.3) is 10.9 Å². The van der Waals surface area contributed by atoms with Crippen LogP contribution in [0, 0.1) is 18.3 Å². The number of carboxylic acids is 1. The first kappa shape index (κ1) is 13.6. The molecule has 0 unspecified atom stereocenters. The molecule has 20 heavy (non-hydrogen) atoms. The van der Waals surface area contributed by atoms with Crippen molar-refractivity contribution in [1.82, 2.24) is 4.98 Å². The number of ether oxygens (including phenoxy) is 1. The van der Waals surface area contributed by atoms with Crippen LogP contribution in [0.4, 0.5) is 0 Å². The van der Waals surface area contributed by atoms with Crippen LogP contribution < -0.4 is 10.3 Å². The molecule has 2 aromatic rings. The van der Waals surface area contributed by atoms with E-state index < -0.39 is 11.5 Å². The highest BCUT2D eigenvalue weighted by Crippen LogP contribution is 2.29. The Morgan fingerprint density at radius 3 is 2.75 bits per heavy atom. The zero-order valence-electron chi connectivity index (χ0n) is 11.0. The molecule has 1 aromatic carbocycles. The van der Waals surface area contributed by atoms with Crippen molar-refractivity contribution in [3.8, 4) is 11.8 Å². The third-order valence-electron chi connectivity index (χ3n) is 3.18. The number of hydrogen-bond donors (Lipinski definition) is 2. The van der Waals surface area contributed by atoms with E-state index in [9.17, 15) is 14.9 Å². The highest BCUT2D eigenvalue weighted by Gasteiger charge is 2.17. The molecule has 2 N–H and O–H groups in total. The summed E-state index contributed by atoms with van der Waals surface area (Å²) in [5.74, 6) is -0.712. The van der Waals surface area contributed by atoms with E-state index in [-0.39, 0.29) is 17.5 Å². The summed E-state index contributed by atoms with van der Waals surface area (Å²) in [6.07, 6.45) is -0.390. The number of carboxylic acid groups (broad SMARTS) is 1. The number of carbonyl (C=O) groups is 1. The summed E-state index contributed by atoms with van der Waals surface area (Å²) in [5.41, 5.74) is 0.951. The fourth-order valence-corrected chi connectivity index (χ4v) is 2.24. The van der Waals surface area contributed by atoms with E-state index in [2.05, 4.69) is 4.98 Å². The van der Waals surface area contributed by atoms with E-state index >= 15 is 0 Å². The molecule has 0 saturated heterocycles. The number of rotatable bonds is 3. The number of benzene rings is 1. The van der Waals surface area contributed by atoms with Gasteiger partial charge in [-0.1, -0.05) is 0 Å². The second-order valence-electron chi connectivity index (χ2n) is 4.31. The number of fused-ring (bicyclic) bond motifs is 1. The number of nitriles is 1. The van der Waals surface area contributed by atoms with Crippen molar-refractivity contribution in [3.05, 3.63) is 39.2 Å². The first-order valence-electron chi connectivity index (χ1n) is 5.84. The van der Waals surface area contributed by atoms with Gasteiger partial charge in [0.05, 0.1) is 19.0 Å². The number of aliphatic carboxylic acids is 1. The van der Waals surface area contributed by atoms with Crippen molar-refractivity contribution in [2.45, 2.75) is 13.3 Å². The first-order chi connectivity index (χ1) is 9.49. The van der Waals surface area contributed by atoms with Gasteiger partial charge in [-0.05, 0) is 24.6 Å². The SMILES string of the molecule is COc1ccc2[nH]c(=O)c(CC(=O)O)c(C)c2c1C#N. The molecule has 0 radical (unpaired) electrons. The van der Waals surface area contributed by atoms with Crippen LogP contribution in [0.15, 0.2) is 16.9 Å². The van der Waals surface area contributed by atoms with Gasteiger partial charge in [0.2, 0.25) is 0 Å². The van der Waals surface area contributed by atoms with Crippen molar-refractivity contribution >= 4 is 16.9 Å². The minimum atomic E-state index is -1.10. The van der Waals surface area contributed by atoms with Gasteiger partial charge in [0.1, 0.15) is 17.4 Å². The molecule has 6 heteroatoms. The Kier molecular flexibility index (Phi) is 3.44. The Morgan fingerprint density at radius 2 is 2.20 bits per heavy atom. The largest absolute Gasteiger partial charge is 0.495 e. The van der Waals surface area contributed by atoms with Crippen LogP contribution in [-0.4, -0.2) is 23.2 Å². The summed E-state index contributed by atoms with van der Waals surface area (Å²) >= 11 is 0. The van der Waals surface area contributed by atoms with Crippen LogP contribution in [0.1, 0.15) is 16.7 Å². The second-order valence-corrected chi connectivity index (χ2v) is 4.31. The van der Waals surface area contributed by atoms with E-state index in [1.807, 2.05) is 6.07 Å². The summed E-state index contributed by atoms with van der Waals surface area (Å²) in [4.78, 5) is 25.4. The van der Waals surface area contributed by atoms with Crippen LogP contribution in [0.5, 0.6) is 5.75 Å². The van der Waals surface area contributed by atoms with Gasteiger partial charge >= 0.3 is 5.97 Å². The highest BCUT2D eigenvalue weighted by atomic mass is 16.5. The number of pyridine rings is 1. The molecular formula is C14H12N2O4. The van der Waals surface area contributed by atoms with Crippen LogP contribution in [0.2, 0.25) is 0 Å². The van der Waals surface area contributed by atoms with Gasteiger partial charge in [-0.15, -0.1) is 0 Å². The number of aryl methyl sites for hydroxylation is 1. The van der Waals surface area contributed by atoms with E-state index in [0.717, 1.165) is 0 Å². The lowest BCUT2D eigenvalue weighted by molar-refractivity contribution is -0.136. The number of H-pyrrole nitrogens is 1. The van der Waals surface area contributed by atoms with E-state index in [0.29, 0.717) is 22.2 Å². The minimum Gasteiger partial charge on any atom is -0.495 e. The second kappa shape index (κ2) is 5.05. The molecule has 0 fully saturated rings. The Morgan fingerprint density at radius 1 is 1.50 bits per heavy atom. The zero-order chi connectivity index (χ0) is 14.9. The van der Waals surface area contributed by atoms with Gasteiger partial charge in [0, 0.05) is 10.9 Å². The Bertz CT molecular complexity index is 799. The van der Waals surface area contributed by atoms with E-state index in [4.69, 9.17) is 9.84 Å². The normalized spacial score (nSPS) is 10.2. The molecule has 0 saturated carbocycles. The lowest BCUT2D eigenvalue weighted by Crippen LogP contribution is -2.18. The van der Waals surface area contributed by atoms with E-state index in [1.54, 1.807) is 19.1 Å². The lowest BCUT2D eigenvalue weighted by Gasteiger charge is -2.11. The van der Waals surface area contributed by atoms with Crippen molar-refractivity contribution in [2.24, 2.45) is 0 Å². The third-order valence-corrected chi connectivity index (χ3v) is 3.18. The standard InChI is InChI=1S/C14H12N2O4/c1-7-8(5-12(17)18)14(19)16-10-3-4-11(20-2)9(6-15)13(7)10/h3-4H,5H2,1-2H3,(H,16,19)(H,17,18). The Hall–Kier alpha value is -2.81. The van der Waals surface area contributed by atoms with Gasteiger partial charge < -0.3 is 14.8 Å². The quantitative estimate of drug-likeness (QED) is 0.877. The van der Waals surface area contributed by atoms with Gasteiger partial charge in [-0.3, -0.25) is 9.59 Å². The summed E-state index contributed by atoms with van der Waals surface area (Å²) in [6.45, 7) is 1.64. The van der Waals surface area contributed by atoms with Crippen molar-refractivity contribution in [2.75, 3.05) is 7.11 Å². The minimum absolute atomic E-state index is 0.148. The molecule has 1 aromatic heterocycles. The van der Waals surface area contributed by atoms with Gasteiger partial charge in [0.15, 0.2) is 0 Å². The van der Waals surface area contributed by atoms with Gasteiger partial charge in [-0.2, -0.15) is 5.26 Å². The highest BCUT2D eigenvalue weighted by molar-refractivity contribution is 5.91. The molecule has 6 nitrogen and oxygen atoms in total.